The van der Waals surface area contributed by atoms with E-state index in [0.717, 1.165) is 25.8 Å². The van der Waals surface area contributed by atoms with Crippen molar-refractivity contribution in [1.82, 2.24) is 0 Å². The van der Waals surface area contributed by atoms with Gasteiger partial charge < -0.3 is 5.73 Å². The van der Waals surface area contributed by atoms with Crippen LogP contribution in [0.4, 0.5) is 0 Å². The molecule has 0 unspecified atom stereocenters. The summed E-state index contributed by atoms with van der Waals surface area (Å²) in [5, 5.41) is 0. The topological polar surface area (TPSA) is 26.0 Å². The fourth-order valence-electron chi connectivity index (χ4n) is 2.47. The van der Waals surface area contributed by atoms with Gasteiger partial charge in [-0.25, -0.2) is 0 Å². The molecule has 0 saturated carbocycles. The lowest BCUT2D eigenvalue weighted by Crippen LogP contribution is -2.03. The van der Waals surface area contributed by atoms with E-state index in [1.807, 2.05) is 0 Å². The van der Waals surface area contributed by atoms with Gasteiger partial charge in [0.15, 0.2) is 0 Å². The van der Waals surface area contributed by atoms with Crippen LogP contribution in [0, 0.1) is 13.8 Å². The quantitative estimate of drug-likeness (QED) is 0.836. The SMILES string of the molecule is Cc1ccc(C2=CC=C(CCN)CC2)c(C)c1. The summed E-state index contributed by atoms with van der Waals surface area (Å²) >= 11 is 0. The zero-order chi connectivity index (χ0) is 12.3. The predicted molar refractivity (Wildman–Crippen MR) is 74.9 cm³/mol. The van der Waals surface area contributed by atoms with E-state index in [-0.39, 0.29) is 0 Å². The predicted octanol–water partition coefficient (Wildman–Crippen LogP) is 3.76. The van der Waals surface area contributed by atoms with Crippen molar-refractivity contribution in [3.63, 3.8) is 0 Å². The van der Waals surface area contributed by atoms with Crippen LogP contribution in [-0.4, -0.2) is 6.54 Å². The molecule has 1 aromatic carbocycles. The highest BCUT2D eigenvalue weighted by Crippen LogP contribution is 2.29. The number of hydrogen-bond acceptors (Lipinski definition) is 1. The second kappa shape index (κ2) is 5.33. The number of benzene rings is 1. The minimum Gasteiger partial charge on any atom is -0.330 e. The van der Waals surface area contributed by atoms with Gasteiger partial charge >= 0.3 is 0 Å². The van der Waals surface area contributed by atoms with Gasteiger partial charge in [0.1, 0.15) is 0 Å². The summed E-state index contributed by atoms with van der Waals surface area (Å²) in [4.78, 5) is 0. The summed E-state index contributed by atoms with van der Waals surface area (Å²) in [5.41, 5.74) is 12.7. The summed E-state index contributed by atoms with van der Waals surface area (Å²) in [5.74, 6) is 0. The molecular weight excluding hydrogens is 206 g/mol. The van der Waals surface area contributed by atoms with E-state index in [2.05, 4.69) is 44.2 Å². The summed E-state index contributed by atoms with van der Waals surface area (Å²) in [6, 6.07) is 6.70. The molecule has 0 fully saturated rings. The van der Waals surface area contributed by atoms with Crippen molar-refractivity contribution >= 4 is 5.57 Å². The average molecular weight is 227 g/mol. The minimum atomic E-state index is 0.762. The summed E-state index contributed by atoms with van der Waals surface area (Å²) in [7, 11) is 0. The number of rotatable bonds is 3. The molecule has 0 aromatic heterocycles. The Kier molecular flexibility index (Phi) is 3.80. The van der Waals surface area contributed by atoms with E-state index in [1.54, 1.807) is 0 Å². The molecule has 1 aromatic rings. The molecule has 0 radical (unpaired) electrons. The van der Waals surface area contributed by atoms with Gasteiger partial charge in [0, 0.05) is 0 Å². The van der Waals surface area contributed by atoms with Crippen molar-refractivity contribution in [3.05, 3.63) is 52.6 Å². The Labute approximate surface area is 104 Å². The number of allylic oxidation sites excluding steroid dienone is 3. The van der Waals surface area contributed by atoms with Gasteiger partial charge in [0.25, 0.3) is 0 Å². The zero-order valence-corrected chi connectivity index (χ0v) is 10.8. The van der Waals surface area contributed by atoms with Gasteiger partial charge in [0.2, 0.25) is 0 Å². The van der Waals surface area contributed by atoms with Gasteiger partial charge in [-0.3, -0.25) is 0 Å². The Balaban J connectivity index is 2.24. The first-order chi connectivity index (χ1) is 8.20. The Morgan fingerprint density at radius 1 is 1.12 bits per heavy atom. The highest BCUT2D eigenvalue weighted by molar-refractivity contribution is 5.71. The van der Waals surface area contributed by atoms with Gasteiger partial charge in [-0.15, -0.1) is 0 Å². The van der Waals surface area contributed by atoms with Gasteiger partial charge in [-0.2, -0.15) is 0 Å². The first-order valence-electron chi connectivity index (χ1n) is 6.37. The Morgan fingerprint density at radius 3 is 2.53 bits per heavy atom. The van der Waals surface area contributed by atoms with Crippen LogP contribution in [0.25, 0.3) is 5.57 Å². The molecular formula is C16H21N. The van der Waals surface area contributed by atoms with E-state index in [9.17, 15) is 0 Å². The summed E-state index contributed by atoms with van der Waals surface area (Å²) in [6.45, 7) is 5.10. The molecule has 1 heteroatoms. The summed E-state index contributed by atoms with van der Waals surface area (Å²) < 4.78 is 0. The average Bonchev–Trinajstić information content (AvgIpc) is 2.31. The molecule has 0 aliphatic heterocycles. The molecule has 0 spiro atoms. The van der Waals surface area contributed by atoms with Gasteiger partial charge in [0.05, 0.1) is 0 Å². The molecule has 2 N–H and O–H groups in total. The van der Waals surface area contributed by atoms with Crippen molar-refractivity contribution in [2.75, 3.05) is 6.54 Å². The summed E-state index contributed by atoms with van der Waals surface area (Å²) in [6.07, 6.45) is 7.87. The third kappa shape index (κ3) is 2.86. The van der Waals surface area contributed by atoms with Crippen LogP contribution >= 0.6 is 0 Å². The molecule has 0 heterocycles. The highest BCUT2D eigenvalue weighted by Gasteiger charge is 2.09. The lowest BCUT2D eigenvalue weighted by Gasteiger charge is -2.16. The molecule has 0 atom stereocenters. The maximum Gasteiger partial charge on any atom is -0.00398 e. The first kappa shape index (κ1) is 12.1. The van der Waals surface area contributed by atoms with E-state index in [4.69, 9.17) is 5.73 Å². The largest absolute Gasteiger partial charge is 0.330 e. The standard InChI is InChI=1S/C16H21N/c1-12-3-8-16(13(2)11-12)15-6-4-14(5-7-15)9-10-17/h3-4,6,8,11H,5,7,9-10,17H2,1-2H3. The van der Waals surface area contributed by atoms with Crippen molar-refractivity contribution < 1.29 is 0 Å². The fraction of sp³-hybridized carbons (Fsp3) is 0.375. The molecule has 1 nitrogen and oxygen atoms in total. The van der Waals surface area contributed by atoms with Crippen molar-refractivity contribution in [2.24, 2.45) is 5.73 Å². The Morgan fingerprint density at radius 2 is 1.94 bits per heavy atom. The lowest BCUT2D eigenvalue weighted by atomic mass is 9.89. The fourth-order valence-corrected chi connectivity index (χ4v) is 2.47. The van der Waals surface area contributed by atoms with Crippen LogP contribution in [0.15, 0.2) is 35.9 Å². The molecule has 90 valence electrons. The van der Waals surface area contributed by atoms with E-state index < -0.39 is 0 Å². The molecule has 1 aliphatic carbocycles. The van der Waals surface area contributed by atoms with E-state index in [0.29, 0.717) is 0 Å². The number of aryl methyl sites for hydroxylation is 2. The second-order valence-electron chi connectivity index (χ2n) is 4.87. The van der Waals surface area contributed by atoms with Crippen molar-refractivity contribution in [2.45, 2.75) is 33.1 Å². The zero-order valence-electron chi connectivity index (χ0n) is 10.8. The molecule has 17 heavy (non-hydrogen) atoms. The van der Waals surface area contributed by atoms with Crippen molar-refractivity contribution in [3.8, 4) is 0 Å². The van der Waals surface area contributed by atoms with Crippen LogP contribution in [0.3, 0.4) is 0 Å². The number of nitrogens with two attached hydrogens (primary N) is 1. The monoisotopic (exact) mass is 227 g/mol. The second-order valence-corrected chi connectivity index (χ2v) is 4.87. The van der Waals surface area contributed by atoms with Crippen LogP contribution in [-0.2, 0) is 0 Å². The number of hydrogen-bond donors (Lipinski definition) is 1. The van der Waals surface area contributed by atoms with Crippen molar-refractivity contribution in [1.29, 1.82) is 0 Å². The Bertz CT molecular complexity index is 466. The third-order valence-electron chi connectivity index (χ3n) is 3.43. The van der Waals surface area contributed by atoms with Crippen LogP contribution in [0.1, 0.15) is 36.0 Å². The maximum atomic E-state index is 5.58. The van der Waals surface area contributed by atoms with Gasteiger partial charge in [-0.1, -0.05) is 41.5 Å². The third-order valence-corrected chi connectivity index (χ3v) is 3.43. The van der Waals surface area contributed by atoms with E-state index >= 15 is 0 Å². The van der Waals surface area contributed by atoms with Crippen LogP contribution < -0.4 is 5.73 Å². The molecule has 0 amide bonds. The molecule has 0 saturated heterocycles. The molecule has 0 bridgehead atoms. The van der Waals surface area contributed by atoms with Crippen LogP contribution in [0.5, 0.6) is 0 Å². The molecule has 1 aliphatic rings. The van der Waals surface area contributed by atoms with E-state index in [1.165, 1.54) is 27.8 Å². The smallest absolute Gasteiger partial charge is 0.00398 e. The normalized spacial score (nSPS) is 15.5. The Hall–Kier alpha value is -1.34. The highest BCUT2D eigenvalue weighted by atomic mass is 14.5. The minimum absolute atomic E-state index is 0.762. The van der Waals surface area contributed by atoms with Gasteiger partial charge in [-0.05, 0) is 56.4 Å². The molecule has 2 rings (SSSR count). The lowest BCUT2D eigenvalue weighted by molar-refractivity contribution is 0.854. The first-order valence-corrected chi connectivity index (χ1v) is 6.37. The maximum absolute atomic E-state index is 5.58. The van der Waals surface area contributed by atoms with Crippen LogP contribution in [0.2, 0.25) is 0 Å².